The number of carbonyl (C=O) groups excluding carboxylic acids is 1. The van der Waals surface area contributed by atoms with Gasteiger partial charge in [-0.3, -0.25) is 4.79 Å². The fraction of sp³-hybridized carbons (Fsp3) is 0.462. The van der Waals surface area contributed by atoms with Gasteiger partial charge in [-0.2, -0.15) is 0 Å². The van der Waals surface area contributed by atoms with E-state index in [1.54, 1.807) is 12.1 Å². The smallest absolute Gasteiger partial charge is 0.534 e. The number of benzene rings is 1. The van der Waals surface area contributed by atoms with Crippen molar-refractivity contribution in [2.24, 2.45) is 0 Å². The molecule has 0 saturated heterocycles. The second kappa shape index (κ2) is 6.87. The van der Waals surface area contributed by atoms with E-state index in [1.165, 1.54) is 6.07 Å². The Labute approximate surface area is 134 Å². The Balaban J connectivity index is 2.07. The summed E-state index contributed by atoms with van der Waals surface area (Å²) in [4.78, 5) is 11.8. The van der Waals surface area contributed by atoms with E-state index in [-0.39, 0.29) is 29.9 Å². The fourth-order valence-corrected chi connectivity index (χ4v) is 2.89. The van der Waals surface area contributed by atoms with Crippen LogP contribution in [0.5, 0.6) is 5.75 Å². The van der Waals surface area contributed by atoms with Crippen molar-refractivity contribution in [3.8, 4) is 5.75 Å². The summed E-state index contributed by atoms with van der Waals surface area (Å²) in [5, 5.41) is 31.1. The number of fused-ring (bicyclic) bond motifs is 1. The Kier molecular flexibility index (Phi) is 5.30. The van der Waals surface area contributed by atoms with Gasteiger partial charge in [0.2, 0.25) is 5.91 Å². The molecule has 0 aliphatic carbocycles. The van der Waals surface area contributed by atoms with Crippen molar-refractivity contribution in [1.82, 2.24) is 5.32 Å². The normalized spacial score (nSPS) is 17.6. The maximum absolute atomic E-state index is 11.8. The number of amides is 1. The van der Waals surface area contributed by atoms with Crippen molar-refractivity contribution in [1.29, 1.82) is 0 Å². The van der Waals surface area contributed by atoms with Gasteiger partial charge in [-0.05, 0) is 12.0 Å². The molecule has 1 heterocycles. The van der Waals surface area contributed by atoms with Crippen LogP contribution in [0.1, 0.15) is 23.8 Å². The van der Waals surface area contributed by atoms with Gasteiger partial charge in [0, 0.05) is 18.2 Å². The number of para-hydroxylation sites is 1. The average Bonchev–Trinajstić information content (AvgIpc) is 2.44. The molecule has 10 heteroatoms. The van der Waals surface area contributed by atoms with Crippen molar-refractivity contribution in [2.45, 2.75) is 25.1 Å². The van der Waals surface area contributed by atoms with Crippen LogP contribution < -0.4 is 9.97 Å². The van der Waals surface area contributed by atoms with Crippen molar-refractivity contribution in [3.05, 3.63) is 29.3 Å². The molecular weight excluding hydrogens is 325 g/mol. The maximum Gasteiger partial charge on any atom is 0.547 e. The molecule has 0 saturated carbocycles. The minimum Gasteiger partial charge on any atom is -0.534 e. The molecule has 1 aromatic carbocycles. The SMILES string of the molecule is CS(=O)(=O)CCC(=O)N[C@H]1Cc2cccc(C(O)O)c2OB1O. The molecule has 1 aliphatic heterocycles. The van der Waals surface area contributed by atoms with E-state index in [9.17, 15) is 28.4 Å². The lowest BCUT2D eigenvalue weighted by atomic mass is 9.72. The molecular formula is C13H18BNO7S. The zero-order chi connectivity index (χ0) is 17.2. The van der Waals surface area contributed by atoms with Gasteiger partial charge in [0.25, 0.3) is 0 Å². The molecule has 126 valence electrons. The minimum absolute atomic E-state index is 0.128. The zero-order valence-electron chi connectivity index (χ0n) is 12.5. The first-order valence-corrected chi connectivity index (χ1v) is 9.03. The van der Waals surface area contributed by atoms with E-state index in [2.05, 4.69) is 5.32 Å². The van der Waals surface area contributed by atoms with Crippen molar-refractivity contribution >= 4 is 22.9 Å². The summed E-state index contributed by atoms with van der Waals surface area (Å²) >= 11 is 0. The fourth-order valence-electron chi connectivity index (χ4n) is 2.33. The van der Waals surface area contributed by atoms with E-state index < -0.39 is 35.1 Å². The second-order valence-electron chi connectivity index (χ2n) is 5.48. The number of hydrogen-bond acceptors (Lipinski definition) is 7. The second-order valence-corrected chi connectivity index (χ2v) is 7.74. The van der Waals surface area contributed by atoms with E-state index >= 15 is 0 Å². The first-order valence-electron chi connectivity index (χ1n) is 6.97. The molecule has 0 radical (unpaired) electrons. The number of rotatable bonds is 5. The molecule has 1 aliphatic rings. The zero-order valence-corrected chi connectivity index (χ0v) is 13.3. The van der Waals surface area contributed by atoms with Crippen LogP contribution in [0.25, 0.3) is 0 Å². The highest BCUT2D eigenvalue weighted by Gasteiger charge is 2.37. The third-order valence-corrected chi connectivity index (χ3v) is 4.42. The molecule has 0 aromatic heterocycles. The van der Waals surface area contributed by atoms with Gasteiger partial charge in [-0.1, -0.05) is 18.2 Å². The molecule has 0 spiro atoms. The van der Waals surface area contributed by atoms with Crippen LogP contribution in [0.2, 0.25) is 0 Å². The molecule has 0 unspecified atom stereocenters. The van der Waals surface area contributed by atoms with E-state index in [0.29, 0.717) is 5.56 Å². The monoisotopic (exact) mass is 343 g/mol. The van der Waals surface area contributed by atoms with Crippen molar-refractivity contribution < 1.29 is 33.1 Å². The molecule has 23 heavy (non-hydrogen) atoms. The third-order valence-electron chi connectivity index (χ3n) is 3.47. The lowest BCUT2D eigenvalue weighted by molar-refractivity contribution is -0.121. The lowest BCUT2D eigenvalue weighted by Gasteiger charge is -2.29. The first kappa shape index (κ1) is 17.7. The van der Waals surface area contributed by atoms with Crippen LogP contribution in [0.15, 0.2) is 18.2 Å². The Morgan fingerprint density at radius 2 is 2.17 bits per heavy atom. The van der Waals surface area contributed by atoms with Gasteiger partial charge < -0.3 is 25.2 Å². The van der Waals surface area contributed by atoms with Gasteiger partial charge in [0.05, 0.1) is 11.7 Å². The summed E-state index contributed by atoms with van der Waals surface area (Å²) in [5.74, 6) is -1.36. The third kappa shape index (κ3) is 4.68. The van der Waals surface area contributed by atoms with Gasteiger partial charge in [-0.15, -0.1) is 0 Å². The summed E-state index contributed by atoms with van der Waals surface area (Å²) in [6.07, 6.45) is -0.680. The van der Waals surface area contributed by atoms with Crippen LogP contribution in [0.3, 0.4) is 0 Å². The summed E-state index contributed by atoms with van der Waals surface area (Å²) in [7, 11) is -4.62. The summed E-state index contributed by atoms with van der Waals surface area (Å²) in [6.45, 7) is 0. The first-order chi connectivity index (χ1) is 10.7. The molecule has 0 fully saturated rings. The molecule has 1 atom stereocenters. The van der Waals surface area contributed by atoms with Gasteiger partial charge in [0.15, 0.2) is 6.29 Å². The molecule has 1 amide bonds. The average molecular weight is 343 g/mol. The van der Waals surface area contributed by atoms with E-state index in [0.717, 1.165) is 6.26 Å². The van der Waals surface area contributed by atoms with Crippen LogP contribution in [-0.4, -0.2) is 54.6 Å². The molecule has 1 aromatic rings. The van der Waals surface area contributed by atoms with Crippen molar-refractivity contribution in [3.63, 3.8) is 0 Å². The Morgan fingerprint density at radius 3 is 2.78 bits per heavy atom. The maximum atomic E-state index is 11.8. The molecule has 0 bridgehead atoms. The largest absolute Gasteiger partial charge is 0.547 e. The van der Waals surface area contributed by atoms with Gasteiger partial charge >= 0.3 is 7.12 Å². The Bertz CT molecular complexity index is 692. The van der Waals surface area contributed by atoms with Crippen LogP contribution in [0, 0.1) is 0 Å². The topological polar surface area (TPSA) is 133 Å². The Hall–Kier alpha value is -1.62. The minimum atomic E-state index is -3.25. The lowest BCUT2D eigenvalue weighted by Crippen LogP contribution is -2.53. The predicted octanol–water partition coefficient (Wildman–Crippen LogP) is -1.46. The number of carbonyl (C=O) groups is 1. The highest BCUT2D eigenvalue weighted by atomic mass is 32.2. The van der Waals surface area contributed by atoms with Crippen LogP contribution in [-0.2, 0) is 21.1 Å². The summed E-state index contributed by atoms with van der Waals surface area (Å²) in [5.41, 5.74) is 0.734. The predicted molar refractivity (Wildman–Crippen MR) is 82.2 cm³/mol. The molecule has 4 N–H and O–H groups in total. The van der Waals surface area contributed by atoms with E-state index in [4.69, 9.17) is 4.65 Å². The van der Waals surface area contributed by atoms with Crippen LogP contribution >= 0.6 is 0 Å². The number of sulfone groups is 1. The highest BCUT2D eigenvalue weighted by molar-refractivity contribution is 7.90. The highest BCUT2D eigenvalue weighted by Crippen LogP contribution is 2.32. The summed E-state index contributed by atoms with van der Waals surface area (Å²) < 4.78 is 27.4. The number of hydrogen-bond donors (Lipinski definition) is 4. The molecule has 8 nitrogen and oxygen atoms in total. The number of nitrogens with one attached hydrogen (secondary N) is 1. The standard InChI is InChI=1S/C13H18BNO7S/c1-23(20,21)6-5-11(16)15-10-7-8-3-2-4-9(13(17)18)12(8)22-14(10)19/h2-4,10,13,17-19H,5-7H2,1H3,(H,15,16)/t10-/m0/s1. The molecule has 2 rings (SSSR count). The summed E-state index contributed by atoms with van der Waals surface area (Å²) in [6, 6.07) is 4.75. The Morgan fingerprint density at radius 1 is 1.48 bits per heavy atom. The van der Waals surface area contributed by atoms with E-state index in [1.807, 2.05) is 0 Å². The quantitative estimate of drug-likeness (QED) is 0.379. The van der Waals surface area contributed by atoms with Gasteiger partial charge in [0.1, 0.15) is 15.6 Å². The van der Waals surface area contributed by atoms with Gasteiger partial charge in [-0.25, -0.2) is 8.42 Å². The number of aliphatic hydroxyl groups is 2. The number of aliphatic hydroxyl groups excluding tert-OH is 1. The van der Waals surface area contributed by atoms with Crippen molar-refractivity contribution in [2.75, 3.05) is 12.0 Å². The van der Waals surface area contributed by atoms with Crippen LogP contribution in [0.4, 0.5) is 0 Å².